The zero-order valence-electron chi connectivity index (χ0n) is 19.6. The Morgan fingerprint density at radius 2 is 1.91 bits per heavy atom. The first-order chi connectivity index (χ1) is 15.9. The molecule has 1 unspecified atom stereocenters. The van der Waals surface area contributed by atoms with Crippen LogP contribution in [0.5, 0.6) is 5.75 Å². The van der Waals surface area contributed by atoms with Crippen LogP contribution in [-0.4, -0.2) is 65.6 Å². The average Bonchev–Trinajstić information content (AvgIpc) is 3.15. The summed E-state index contributed by atoms with van der Waals surface area (Å²) in [5.74, 6) is 0.877. The zero-order chi connectivity index (χ0) is 23.4. The quantitative estimate of drug-likeness (QED) is 0.668. The van der Waals surface area contributed by atoms with E-state index in [0.717, 1.165) is 44.4 Å². The van der Waals surface area contributed by atoms with Gasteiger partial charge in [0.2, 0.25) is 5.91 Å². The number of rotatable bonds is 2. The van der Waals surface area contributed by atoms with E-state index in [0.29, 0.717) is 18.4 Å². The number of benzene rings is 1. The summed E-state index contributed by atoms with van der Waals surface area (Å²) in [6.07, 6.45) is 7.43. The lowest BCUT2D eigenvalue weighted by molar-refractivity contribution is -0.135. The summed E-state index contributed by atoms with van der Waals surface area (Å²) in [5, 5.41) is 4.29. The maximum atomic E-state index is 13.5. The highest BCUT2D eigenvalue weighted by atomic mass is 32.2. The number of amides is 1. The minimum absolute atomic E-state index is 0.133. The molecule has 1 amide bonds. The molecule has 0 spiro atoms. The molecule has 2 aliphatic heterocycles. The number of hydrogen-bond acceptors (Lipinski definition) is 5. The molecule has 9 heteroatoms. The van der Waals surface area contributed by atoms with Gasteiger partial charge in [0.1, 0.15) is 12.4 Å². The van der Waals surface area contributed by atoms with Crippen molar-refractivity contribution in [3.05, 3.63) is 41.6 Å². The Bertz CT molecular complexity index is 1060. The highest BCUT2D eigenvalue weighted by molar-refractivity contribution is 7.89. The van der Waals surface area contributed by atoms with E-state index in [-0.39, 0.29) is 36.7 Å². The van der Waals surface area contributed by atoms with Crippen molar-refractivity contribution in [2.45, 2.75) is 62.9 Å². The van der Waals surface area contributed by atoms with Gasteiger partial charge in [-0.3, -0.25) is 9.48 Å². The molecule has 0 saturated carbocycles. The molecule has 2 bridgehead atoms. The van der Waals surface area contributed by atoms with Gasteiger partial charge in [0.25, 0.3) is 10.0 Å². The van der Waals surface area contributed by atoms with Gasteiger partial charge in [-0.15, -0.1) is 0 Å². The van der Waals surface area contributed by atoms with Crippen LogP contribution in [0.25, 0.3) is 0 Å². The number of piperidine rings is 1. The largest absolute Gasteiger partial charge is 0.492 e. The van der Waals surface area contributed by atoms with Crippen LogP contribution in [0.2, 0.25) is 0 Å². The molecule has 0 N–H and O–H groups in total. The first kappa shape index (κ1) is 23.8. The molecule has 3 heterocycles. The Balaban J connectivity index is 1.59. The molecule has 8 nitrogen and oxygen atoms in total. The molecule has 33 heavy (non-hydrogen) atoms. The summed E-state index contributed by atoms with van der Waals surface area (Å²) in [6, 6.07) is 8.24. The van der Waals surface area contributed by atoms with Gasteiger partial charge in [-0.25, -0.2) is 8.42 Å². The molecule has 4 rings (SSSR count). The van der Waals surface area contributed by atoms with E-state index in [1.165, 1.54) is 14.6 Å². The molecular weight excluding hydrogens is 440 g/mol. The number of aryl methyl sites for hydroxylation is 3. The van der Waals surface area contributed by atoms with Gasteiger partial charge in [0.05, 0.1) is 6.20 Å². The normalized spacial score (nSPS) is 21.6. The SMILES string of the molecule is Cc1cnn(C)c1S(=O)(=O)N1CCCC(=O)N2CCCCC2CCc2cccc(c2)OCC1. The van der Waals surface area contributed by atoms with Gasteiger partial charge in [0.15, 0.2) is 5.03 Å². The molecule has 0 aliphatic carbocycles. The third-order valence-electron chi connectivity index (χ3n) is 6.66. The molecular formula is C24H34N4O4S. The molecule has 1 aromatic carbocycles. The van der Waals surface area contributed by atoms with Crippen LogP contribution >= 0.6 is 0 Å². The van der Waals surface area contributed by atoms with Gasteiger partial charge in [0, 0.05) is 44.7 Å². The van der Waals surface area contributed by atoms with Crippen LogP contribution in [0.3, 0.4) is 0 Å². The number of fused-ring (bicyclic) bond motifs is 3. The number of ether oxygens (including phenoxy) is 1. The van der Waals surface area contributed by atoms with Crippen LogP contribution in [-0.2, 0) is 28.3 Å². The number of hydrogen-bond donors (Lipinski definition) is 0. The van der Waals surface area contributed by atoms with Gasteiger partial charge in [-0.05, 0) is 63.1 Å². The van der Waals surface area contributed by atoms with Gasteiger partial charge in [-0.1, -0.05) is 12.1 Å². The van der Waals surface area contributed by atoms with E-state index >= 15 is 0 Å². The van der Waals surface area contributed by atoms with E-state index in [4.69, 9.17) is 4.74 Å². The standard InChI is InChI=1S/C24H34N4O4S/c1-19-18-25-26(2)24(19)33(30,31)27-13-6-10-23(29)28-14-4-3-8-21(28)12-11-20-7-5-9-22(17-20)32-16-15-27/h5,7,9,17-18,21H,3-4,6,8,10-16H2,1-2H3. The minimum atomic E-state index is -3.77. The van der Waals surface area contributed by atoms with Gasteiger partial charge in [-0.2, -0.15) is 9.40 Å². The summed E-state index contributed by atoms with van der Waals surface area (Å²) in [7, 11) is -2.14. The molecule has 0 radical (unpaired) electrons. The Labute approximate surface area is 196 Å². The molecule has 1 fully saturated rings. The minimum Gasteiger partial charge on any atom is -0.492 e. The van der Waals surface area contributed by atoms with Crippen molar-refractivity contribution < 1.29 is 17.9 Å². The molecule has 2 aromatic rings. The third kappa shape index (κ3) is 5.41. The summed E-state index contributed by atoms with van der Waals surface area (Å²) in [6.45, 7) is 3.25. The lowest BCUT2D eigenvalue weighted by Crippen LogP contribution is -2.44. The van der Waals surface area contributed by atoms with Crippen LogP contribution < -0.4 is 4.74 Å². The Hall–Kier alpha value is -2.39. The van der Waals surface area contributed by atoms with Crippen molar-refractivity contribution in [3.63, 3.8) is 0 Å². The number of aromatic nitrogens is 2. The first-order valence-corrected chi connectivity index (χ1v) is 13.3. The Morgan fingerprint density at radius 1 is 1.06 bits per heavy atom. The van der Waals surface area contributed by atoms with Crippen molar-refractivity contribution in [1.29, 1.82) is 0 Å². The monoisotopic (exact) mass is 474 g/mol. The second kappa shape index (κ2) is 10.3. The highest BCUT2D eigenvalue weighted by Crippen LogP contribution is 2.25. The van der Waals surface area contributed by atoms with Gasteiger partial charge < -0.3 is 9.64 Å². The maximum Gasteiger partial charge on any atom is 0.260 e. The Morgan fingerprint density at radius 3 is 2.70 bits per heavy atom. The smallest absolute Gasteiger partial charge is 0.260 e. The number of sulfonamides is 1. The van der Waals surface area contributed by atoms with Crippen molar-refractivity contribution in [1.82, 2.24) is 19.0 Å². The van der Waals surface area contributed by atoms with Crippen molar-refractivity contribution in [2.75, 3.05) is 26.2 Å². The number of carbonyl (C=O) groups is 1. The second-order valence-electron chi connectivity index (χ2n) is 9.04. The van der Waals surface area contributed by atoms with Crippen LogP contribution in [0, 0.1) is 6.92 Å². The predicted molar refractivity (Wildman–Crippen MR) is 126 cm³/mol. The summed E-state index contributed by atoms with van der Waals surface area (Å²) in [4.78, 5) is 15.1. The maximum absolute atomic E-state index is 13.5. The summed E-state index contributed by atoms with van der Waals surface area (Å²) < 4.78 is 35.7. The van der Waals surface area contributed by atoms with E-state index in [1.807, 2.05) is 23.1 Å². The van der Waals surface area contributed by atoms with E-state index in [2.05, 4.69) is 11.2 Å². The van der Waals surface area contributed by atoms with E-state index in [1.54, 1.807) is 20.2 Å². The van der Waals surface area contributed by atoms with Crippen LogP contribution in [0.4, 0.5) is 0 Å². The lowest BCUT2D eigenvalue weighted by atomic mass is 9.95. The fourth-order valence-corrected chi connectivity index (χ4v) is 6.72. The zero-order valence-corrected chi connectivity index (χ0v) is 20.4. The number of carbonyl (C=O) groups excluding carboxylic acids is 1. The van der Waals surface area contributed by atoms with E-state index < -0.39 is 10.0 Å². The van der Waals surface area contributed by atoms with Gasteiger partial charge >= 0.3 is 0 Å². The van der Waals surface area contributed by atoms with E-state index in [9.17, 15) is 13.2 Å². The summed E-state index contributed by atoms with van der Waals surface area (Å²) >= 11 is 0. The van der Waals surface area contributed by atoms with Crippen molar-refractivity contribution in [3.8, 4) is 5.75 Å². The molecule has 1 atom stereocenters. The third-order valence-corrected chi connectivity index (χ3v) is 8.78. The fourth-order valence-electron chi connectivity index (χ4n) is 4.95. The second-order valence-corrected chi connectivity index (χ2v) is 10.9. The van der Waals surface area contributed by atoms with Crippen LogP contribution in [0.15, 0.2) is 35.5 Å². The van der Waals surface area contributed by atoms with Crippen molar-refractivity contribution >= 4 is 15.9 Å². The first-order valence-electron chi connectivity index (χ1n) is 11.9. The molecule has 1 aromatic heterocycles. The molecule has 2 aliphatic rings. The van der Waals surface area contributed by atoms with Crippen LogP contribution in [0.1, 0.15) is 49.7 Å². The lowest BCUT2D eigenvalue weighted by Gasteiger charge is -2.36. The fraction of sp³-hybridized carbons (Fsp3) is 0.583. The summed E-state index contributed by atoms with van der Waals surface area (Å²) in [5.41, 5.74) is 1.78. The predicted octanol–water partition coefficient (Wildman–Crippen LogP) is 2.91. The molecule has 1 saturated heterocycles. The molecule has 180 valence electrons. The number of nitrogens with zero attached hydrogens (tertiary/aromatic N) is 4. The topological polar surface area (TPSA) is 84.7 Å². The Kier molecular flexibility index (Phi) is 7.38. The van der Waals surface area contributed by atoms with Crippen molar-refractivity contribution in [2.24, 2.45) is 7.05 Å². The highest BCUT2D eigenvalue weighted by Gasteiger charge is 2.30. The average molecular weight is 475 g/mol.